The van der Waals surface area contributed by atoms with E-state index in [0.29, 0.717) is 0 Å². The molecule has 1 rings (SSSR count). The van der Waals surface area contributed by atoms with Crippen molar-refractivity contribution in [3.05, 3.63) is 36.4 Å². The van der Waals surface area contributed by atoms with Gasteiger partial charge in [-0.05, 0) is 28.2 Å². The number of hydrogen-bond donors (Lipinski definition) is 2. The van der Waals surface area contributed by atoms with Gasteiger partial charge in [0.1, 0.15) is 0 Å². The summed E-state index contributed by atoms with van der Waals surface area (Å²) in [5, 5.41) is 5.50. The third kappa shape index (κ3) is 22.9. The van der Waals surface area contributed by atoms with E-state index in [9.17, 15) is 0 Å². The van der Waals surface area contributed by atoms with Gasteiger partial charge in [0.15, 0.2) is 0 Å². The zero-order chi connectivity index (χ0) is 9.66. The smallest absolute Gasteiger partial charge is 0.0167 e. The topological polar surface area (TPSA) is 24.1 Å². The van der Waals surface area contributed by atoms with Gasteiger partial charge in [-0.3, -0.25) is 0 Å². The fraction of sp³-hybridized carbons (Fsp3) is 0.400. The maximum atomic E-state index is 2.75. The van der Waals surface area contributed by atoms with Gasteiger partial charge in [0.05, 0.1) is 0 Å². The Balaban J connectivity index is 0. The third-order valence-corrected chi connectivity index (χ3v) is 0.667. The second kappa shape index (κ2) is 16.6. The summed E-state index contributed by atoms with van der Waals surface area (Å²) < 4.78 is 0. The lowest BCUT2D eigenvalue weighted by Crippen LogP contribution is -1.89. The van der Waals surface area contributed by atoms with Crippen LogP contribution in [0.2, 0.25) is 0 Å². The third-order valence-electron chi connectivity index (χ3n) is 0.667. The van der Waals surface area contributed by atoms with Crippen molar-refractivity contribution in [1.29, 1.82) is 0 Å². The Morgan fingerprint density at radius 3 is 0.667 bits per heavy atom. The molecule has 0 unspecified atom stereocenters. The van der Waals surface area contributed by atoms with Gasteiger partial charge in [-0.15, -0.1) is 0 Å². The predicted molar refractivity (Wildman–Crippen MR) is 56.4 cm³/mol. The Kier molecular flexibility index (Phi) is 19.0. The normalized spacial score (nSPS) is 7.00. The van der Waals surface area contributed by atoms with E-state index >= 15 is 0 Å². The van der Waals surface area contributed by atoms with Crippen molar-refractivity contribution < 1.29 is 0 Å². The minimum Gasteiger partial charge on any atom is -0.323 e. The maximum absolute atomic E-state index is 2.75. The van der Waals surface area contributed by atoms with Gasteiger partial charge in [0.25, 0.3) is 0 Å². The molecule has 0 aromatic heterocycles. The summed E-state index contributed by atoms with van der Waals surface area (Å²) in [7, 11) is 7.50. The Morgan fingerprint density at radius 2 is 0.583 bits per heavy atom. The molecule has 12 heavy (non-hydrogen) atoms. The van der Waals surface area contributed by atoms with Crippen molar-refractivity contribution in [3.8, 4) is 0 Å². The average molecular weight is 168 g/mol. The van der Waals surface area contributed by atoms with Crippen LogP contribution in [0.25, 0.3) is 0 Å². The van der Waals surface area contributed by atoms with Crippen molar-refractivity contribution in [2.75, 3.05) is 28.2 Å². The van der Waals surface area contributed by atoms with E-state index < -0.39 is 0 Å². The van der Waals surface area contributed by atoms with Crippen molar-refractivity contribution in [3.63, 3.8) is 0 Å². The first-order valence-electron chi connectivity index (χ1n) is 4.00. The Morgan fingerprint density at radius 1 is 0.500 bits per heavy atom. The highest BCUT2D eigenvalue weighted by Crippen LogP contribution is 1.79. The Labute approximate surface area is 76.0 Å². The lowest BCUT2D eigenvalue weighted by atomic mass is 10.4. The largest absolute Gasteiger partial charge is 0.323 e. The number of benzene rings is 1. The fourth-order valence-electron chi connectivity index (χ4n) is 0.385. The summed E-state index contributed by atoms with van der Waals surface area (Å²) in [4.78, 5) is 0. The van der Waals surface area contributed by atoms with Crippen LogP contribution in [0.15, 0.2) is 36.4 Å². The molecule has 2 heteroatoms. The van der Waals surface area contributed by atoms with Crippen molar-refractivity contribution in [1.82, 2.24) is 10.6 Å². The molecular weight excluding hydrogens is 148 g/mol. The monoisotopic (exact) mass is 168 g/mol. The van der Waals surface area contributed by atoms with Crippen LogP contribution in [0.4, 0.5) is 0 Å². The second-order valence-electron chi connectivity index (χ2n) is 2.15. The molecule has 2 nitrogen and oxygen atoms in total. The van der Waals surface area contributed by atoms with E-state index in [4.69, 9.17) is 0 Å². The molecule has 0 aliphatic heterocycles. The molecule has 70 valence electrons. The van der Waals surface area contributed by atoms with Gasteiger partial charge in [0.2, 0.25) is 0 Å². The second-order valence-corrected chi connectivity index (χ2v) is 2.15. The first-order chi connectivity index (χ1) is 5.83. The predicted octanol–water partition coefficient (Wildman–Crippen LogP) is 1.36. The SMILES string of the molecule is CNC.CNC.c1ccccc1. The molecule has 0 aliphatic carbocycles. The molecule has 0 heterocycles. The Hall–Kier alpha value is -0.860. The molecule has 0 spiro atoms. The van der Waals surface area contributed by atoms with Crippen LogP contribution >= 0.6 is 0 Å². The summed E-state index contributed by atoms with van der Waals surface area (Å²) in [6, 6.07) is 12.0. The molecule has 0 atom stereocenters. The van der Waals surface area contributed by atoms with Crippen LogP contribution in [0.1, 0.15) is 0 Å². The molecule has 2 N–H and O–H groups in total. The zero-order valence-corrected chi connectivity index (χ0v) is 8.46. The first-order valence-corrected chi connectivity index (χ1v) is 4.00. The molecule has 0 amide bonds. The van der Waals surface area contributed by atoms with Crippen LogP contribution in [0.3, 0.4) is 0 Å². The molecule has 1 aromatic rings. The molecule has 1 aromatic carbocycles. The first kappa shape index (κ1) is 13.7. The minimum absolute atomic E-state index is 1.88. The molecule has 0 saturated carbocycles. The van der Waals surface area contributed by atoms with E-state index in [0.717, 1.165) is 0 Å². The lowest BCUT2D eigenvalue weighted by Gasteiger charge is -1.69. The highest BCUT2D eigenvalue weighted by atomic mass is 14.7. The molecule has 0 fully saturated rings. The van der Waals surface area contributed by atoms with E-state index in [1.807, 2.05) is 64.6 Å². The van der Waals surface area contributed by atoms with Crippen molar-refractivity contribution in [2.24, 2.45) is 0 Å². The van der Waals surface area contributed by atoms with Crippen LogP contribution < -0.4 is 10.6 Å². The summed E-state index contributed by atoms with van der Waals surface area (Å²) >= 11 is 0. The number of hydrogen-bond acceptors (Lipinski definition) is 2. The standard InChI is InChI=1S/C6H6.2C2H7N/c1-2-4-6-5-3-1;2*1-3-2/h1-6H;2*3H,1-2H3. The average Bonchev–Trinajstić information content (AvgIpc) is 2.10. The van der Waals surface area contributed by atoms with Gasteiger partial charge in [-0.2, -0.15) is 0 Å². The van der Waals surface area contributed by atoms with Crippen molar-refractivity contribution >= 4 is 0 Å². The fourth-order valence-corrected chi connectivity index (χ4v) is 0.385. The number of nitrogens with one attached hydrogen (secondary N) is 2. The highest BCUT2D eigenvalue weighted by molar-refractivity contribution is 4.99. The lowest BCUT2D eigenvalue weighted by molar-refractivity contribution is 1.02. The van der Waals surface area contributed by atoms with E-state index in [2.05, 4.69) is 10.6 Å². The van der Waals surface area contributed by atoms with Gasteiger partial charge in [-0.1, -0.05) is 36.4 Å². The van der Waals surface area contributed by atoms with Gasteiger partial charge in [-0.25, -0.2) is 0 Å². The van der Waals surface area contributed by atoms with Crippen molar-refractivity contribution in [2.45, 2.75) is 0 Å². The summed E-state index contributed by atoms with van der Waals surface area (Å²) in [5.41, 5.74) is 0. The molecule has 0 bridgehead atoms. The quantitative estimate of drug-likeness (QED) is 0.611. The highest BCUT2D eigenvalue weighted by Gasteiger charge is 1.57. The van der Waals surface area contributed by atoms with Crippen LogP contribution in [-0.4, -0.2) is 28.2 Å². The van der Waals surface area contributed by atoms with Gasteiger partial charge >= 0.3 is 0 Å². The van der Waals surface area contributed by atoms with E-state index in [1.165, 1.54) is 0 Å². The maximum Gasteiger partial charge on any atom is -0.0167 e. The Bertz CT molecular complexity index is 99.8. The summed E-state index contributed by atoms with van der Waals surface area (Å²) in [5.74, 6) is 0. The van der Waals surface area contributed by atoms with Crippen LogP contribution in [-0.2, 0) is 0 Å². The zero-order valence-electron chi connectivity index (χ0n) is 8.46. The van der Waals surface area contributed by atoms with Gasteiger partial charge in [0, 0.05) is 0 Å². The molecular formula is C10H20N2. The van der Waals surface area contributed by atoms with Crippen LogP contribution in [0.5, 0.6) is 0 Å². The molecule has 0 saturated heterocycles. The minimum atomic E-state index is 1.88. The van der Waals surface area contributed by atoms with E-state index in [-0.39, 0.29) is 0 Å². The summed E-state index contributed by atoms with van der Waals surface area (Å²) in [6.45, 7) is 0. The molecule has 0 aliphatic rings. The summed E-state index contributed by atoms with van der Waals surface area (Å²) in [6.07, 6.45) is 0. The molecule has 0 radical (unpaired) electrons. The van der Waals surface area contributed by atoms with Gasteiger partial charge < -0.3 is 10.6 Å². The van der Waals surface area contributed by atoms with E-state index in [1.54, 1.807) is 0 Å². The van der Waals surface area contributed by atoms with Crippen LogP contribution in [0, 0.1) is 0 Å². The number of rotatable bonds is 0.